The minimum Gasteiger partial charge on any atom is -0.469 e. The average molecular weight is 250 g/mol. The number of methoxy groups -OCH3 is 2. The number of rotatable bonds is 6. The highest BCUT2D eigenvalue weighted by Crippen LogP contribution is 2.15. The van der Waals surface area contributed by atoms with E-state index < -0.39 is 11.9 Å². The van der Waals surface area contributed by atoms with Crippen LogP contribution < -0.4 is 0 Å². The molecule has 0 saturated heterocycles. The van der Waals surface area contributed by atoms with Crippen molar-refractivity contribution in [3.8, 4) is 0 Å². The highest BCUT2D eigenvalue weighted by Gasteiger charge is 2.22. The molecule has 1 atom stereocenters. The number of carbonyl (C=O) groups is 2. The summed E-state index contributed by atoms with van der Waals surface area (Å²) in [4.78, 5) is 22.8. The first-order valence-corrected chi connectivity index (χ1v) is 5.86. The van der Waals surface area contributed by atoms with Crippen LogP contribution in [0.15, 0.2) is 30.3 Å². The van der Waals surface area contributed by atoms with Gasteiger partial charge in [-0.2, -0.15) is 0 Å². The zero-order valence-corrected chi connectivity index (χ0v) is 10.7. The minimum absolute atomic E-state index is 0.0655. The predicted octanol–water partition coefficient (Wildman–Crippen LogP) is 1.97. The molecule has 0 spiro atoms. The zero-order chi connectivity index (χ0) is 13.4. The van der Waals surface area contributed by atoms with E-state index in [0.717, 1.165) is 12.0 Å². The van der Waals surface area contributed by atoms with Crippen LogP contribution in [0, 0.1) is 5.92 Å². The van der Waals surface area contributed by atoms with Gasteiger partial charge in [-0.15, -0.1) is 0 Å². The lowest BCUT2D eigenvalue weighted by molar-refractivity contribution is -0.152. The number of benzene rings is 1. The molecule has 0 bridgehead atoms. The number of carbonyl (C=O) groups excluding carboxylic acids is 2. The summed E-state index contributed by atoms with van der Waals surface area (Å²) in [6.07, 6.45) is 1.37. The van der Waals surface area contributed by atoms with E-state index in [2.05, 4.69) is 4.74 Å². The van der Waals surface area contributed by atoms with E-state index in [-0.39, 0.29) is 12.4 Å². The molecule has 0 aliphatic heterocycles. The Labute approximate surface area is 107 Å². The van der Waals surface area contributed by atoms with Crippen molar-refractivity contribution in [3.05, 3.63) is 35.9 Å². The zero-order valence-electron chi connectivity index (χ0n) is 10.7. The lowest BCUT2D eigenvalue weighted by Crippen LogP contribution is -2.21. The van der Waals surface area contributed by atoms with Crippen molar-refractivity contribution in [2.45, 2.75) is 19.3 Å². The molecule has 0 unspecified atom stereocenters. The van der Waals surface area contributed by atoms with Crippen molar-refractivity contribution in [2.75, 3.05) is 14.2 Å². The summed E-state index contributed by atoms with van der Waals surface area (Å²) < 4.78 is 9.28. The maximum atomic E-state index is 11.6. The molecule has 1 rings (SSSR count). The molecule has 0 amide bonds. The van der Waals surface area contributed by atoms with E-state index in [1.54, 1.807) is 0 Å². The van der Waals surface area contributed by atoms with Gasteiger partial charge in [0.05, 0.1) is 26.6 Å². The van der Waals surface area contributed by atoms with Crippen molar-refractivity contribution >= 4 is 11.9 Å². The first kappa shape index (κ1) is 14.2. The Morgan fingerprint density at radius 1 is 1.11 bits per heavy atom. The third kappa shape index (κ3) is 4.57. The third-order valence-corrected chi connectivity index (χ3v) is 2.80. The second-order valence-corrected chi connectivity index (χ2v) is 4.02. The molecule has 0 radical (unpaired) electrons. The number of hydrogen-bond acceptors (Lipinski definition) is 4. The SMILES string of the molecule is COC(=O)C[C@@H](CCc1ccccc1)C(=O)OC. The summed E-state index contributed by atoms with van der Waals surface area (Å²) in [6, 6.07) is 9.82. The smallest absolute Gasteiger partial charge is 0.309 e. The third-order valence-electron chi connectivity index (χ3n) is 2.80. The fourth-order valence-electron chi connectivity index (χ4n) is 1.74. The van der Waals surface area contributed by atoms with Gasteiger partial charge >= 0.3 is 11.9 Å². The molecule has 0 aliphatic carbocycles. The molecule has 1 aromatic rings. The van der Waals surface area contributed by atoms with Crippen LogP contribution >= 0.6 is 0 Å². The van der Waals surface area contributed by atoms with E-state index >= 15 is 0 Å². The molecule has 1 aromatic carbocycles. The largest absolute Gasteiger partial charge is 0.469 e. The van der Waals surface area contributed by atoms with Gasteiger partial charge in [-0.25, -0.2) is 0 Å². The molecule has 0 N–H and O–H groups in total. The van der Waals surface area contributed by atoms with Gasteiger partial charge in [0.25, 0.3) is 0 Å². The molecule has 0 aliphatic rings. The fraction of sp³-hybridized carbons (Fsp3) is 0.429. The minimum atomic E-state index is -0.442. The van der Waals surface area contributed by atoms with Gasteiger partial charge in [0.15, 0.2) is 0 Å². The van der Waals surface area contributed by atoms with Gasteiger partial charge in [-0.05, 0) is 18.4 Å². The molecular weight excluding hydrogens is 232 g/mol. The highest BCUT2D eigenvalue weighted by molar-refractivity contribution is 5.79. The number of ether oxygens (including phenoxy) is 2. The number of aryl methyl sites for hydroxylation is 1. The van der Waals surface area contributed by atoms with Crippen LogP contribution in [0.4, 0.5) is 0 Å². The summed E-state index contributed by atoms with van der Waals surface area (Å²) in [7, 11) is 2.64. The first-order chi connectivity index (χ1) is 8.67. The Balaban J connectivity index is 2.56. The Bertz CT molecular complexity index is 386. The fourth-order valence-corrected chi connectivity index (χ4v) is 1.74. The molecule has 4 heteroatoms. The molecule has 0 heterocycles. The lowest BCUT2D eigenvalue weighted by Gasteiger charge is -2.13. The van der Waals surface area contributed by atoms with Crippen molar-refractivity contribution in [3.63, 3.8) is 0 Å². The van der Waals surface area contributed by atoms with Crippen LogP contribution in [-0.2, 0) is 25.5 Å². The molecular formula is C14H18O4. The van der Waals surface area contributed by atoms with E-state index in [9.17, 15) is 9.59 Å². The van der Waals surface area contributed by atoms with Gasteiger partial charge in [0, 0.05) is 0 Å². The van der Waals surface area contributed by atoms with E-state index in [0.29, 0.717) is 6.42 Å². The van der Waals surface area contributed by atoms with Crippen molar-refractivity contribution in [1.29, 1.82) is 0 Å². The van der Waals surface area contributed by atoms with E-state index in [4.69, 9.17) is 4.74 Å². The van der Waals surface area contributed by atoms with Crippen LogP contribution in [0.2, 0.25) is 0 Å². The second kappa shape index (κ2) is 7.48. The maximum absolute atomic E-state index is 11.6. The molecule has 4 nitrogen and oxygen atoms in total. The Morgan fingerprint density at radius 3 is 2.33 bits per heavy atom. The van der Waals surface area contributed by atoms with Gasteiger partial charge in [0.2, 0.25) is 0 Å². The second-order valence-electron chi connectivity index (χ2n) is 4.02. The average Bonchev–Trinajstić information content (AvgIpc) is 2.43. The molecule has 18 heavy (non-hydrogen) atoms. The summed E-state index contributed by atoms with van der Waals surface area (Å²) in [5.74, 6) is -1.20. The van der Waals surface area contributed by atoms with E-state index in [1.807, 2.05) is 30.3 Å². The summed E-state index contributed by atoms with van der Waals surface area (Å²) >= 11 is 0. The van der Waals surface area contributed by atoms with Crippen molar-refractivity contribution < 1.29 is 19.1 Å². The van der Waals surface area contributed by atoms with Crippen LogP contribution in [0.3, 0.4) is 0 Å². The van der Waals surface area contributed by atoms with Crippen molar-refractivity contribution in [1.82, 2.24) is 0 Å². The predicted molar refractivity (Wildman–Crippen MR) is 66.9 cm³/mol. The normalized spacial score (nSPS) is 11.7. The summed E-state index contributed by atoms with van der Waals surface area (Å²) in [5.41, 5.74) is 1.14. The van der Waals surface area contributed by atoms with Gasteiger partial charge in [-0.1, -0.05) is 30.3 Å². The monoisotopic (exact) mass is 250 g/mol. The van der Waals surface area contributed by atoms with Gasteiger partial charge in [0.1, 0.15) is 0 Å². The molecule has 0 aromatic heterocycles. The van der Waals surface area contributed by atoms with Crippen LogP contribution in [0.5, 0.6) is 0 Å². The lowest BCUT2D eigenvalue weighted by atomic mass is 9.96. The van der Waals surface area contributed by atoms with Crippen molar-refractivity contribution in [2.24, 2.45) is 5.92 Å². The maximum Gasteiger partial charge on any atom is 0.309 e. The summed E-state index contributed by atoms with van der Waals surface area (Å²) in [6.45, 7) is 0. The van der Waals surface area contributed by atoms with Crippen LogP contribution in [-0.4, -0.2) is 26.2 Å². The Hall–Kier alpha value is -1.84. The van der Waals surface area contributed by atoms with Gasteiger partial charge in [-0.3, -0.25) is 9.59 Å². The highest BCUT2D eigenvalue weighted by atomic mass is 16.5. The van der Waals surface area contributed by atoms with Crippen LogP contribution in [0.1, 0.15) is 18.4 Å². The Morgan fingerprint density at radius 2 is 1.78 bits per heavy atom. The number of hydrogen-bond donors (Lipinski definition) is 0. The molecule has 98 valence electrons. The van der Waals surface area contributed by atoms with E-state index in [1.165, 1.54) is 14.2 Å². The Kier molecular flexibility index (Phi) is 5.91. The standard InChI is InChI=1S/C14H18O4/c1-17-13(15)10-12(14(16)18-2)9-8-11-6-4-3-5-7-11/h3-7,12H,8-10H2,1-2H3/t12-/m1/s1. The van der Waals surface area contributed by atoms with Crippen LogP contribution in [0.25, 0.3) is 0 Å². The first-order valence-electron chi connectivity index (χ1n) is 5.86. The number of esters is 2. The molecule has 0 fully saturated rings. The molecule has 0 saturated carbocycles. The topological polar surface area (TPSA) is 52.6 Å². The summed E-state index contributed by atoms with van der Waals surface area (Å²) in [5, 5.41) is 0. The quantitative estimate of drug-likeness (QED) is 0.724. The van der Waals surface area contributed by atoms with Gasteiger partial charge < -0.3 is 9.47 Å².